The van der Waals surface area contributed by atoms with Gasteiger partial charge in [-0.3, -0.25) is 33.6 Å². The summed E-state index contributed by atoms with van der Waals surface area (Å²) in [7, 11) is -3.92. The van der Waals surface area contributed by atoms with Gasteiger partial charge < -0.3 is 10.2 Å². The maximum Gasteiger partial charge on any atom is 0.240 e. The molecule has 0 aromatic heterocycles. The van der Waals surface area contributed by atoms with Gasteiger partial charge in [0.25, 0.3) is 0 Å². The minimum atomic E-state index is -3.92. The van der Waals surface area contributed by atoms with Gasteiger partial charge in [0.2, 0.25) is 27.7 Å². The number of likely N-dealkylation sites (N-methyl/N-ethyl adjacent to an activating group) is 1. The normalized spacial score (nSPS) is 33.5. The molecular formula is C46H74N4O7S. The molecule has 12 heteroatoms. The number of carbonyl (C=O) groups is 5. The topological polar surface area (TPSA) is 150 Å². The highest BCUT2D eigenvalue weighted by Crippen LogP contribution is 2.88. The van der Waals surface area contributed by atoms with Gasteiger partial charge in [0.05, 0.1) is 28.3 Å². The van der Waals surface area contributed by atoms with E-state index in [9.17, 15) is 27.6 Å². The molecule has 3 amide bonds. The van der Waals surface area contributed by atoms with Crippen molar-refractivity contribution in [3.63, 3.8) is 0 Å². The number of hydrogen-bond acceptors (Lipinski definition) is 8. The van der Waals surface area contributed by atoms with Gasteiger partial charge in [-0.05, 0) is 112 Å². The van der Waals surface area contributed by atoms with Crippen molar-refractivity contribution in [1.29, 1.82) is 0 Å². The third kappa shape index (κ3) is 6.92. The summed E-state index contributed by atoms with van der Waals surface area (Å²) >= 11 is 0. The second kappa shape index (κ2) is 15.2. The highest BCUT2D eigenvalue weighted by molar-refractivity contribution is 7.91. The van der Waals surface area contributed by atoms with E-state index >= 15 is 4.79 Å². The molecule has 2 spiro atoms. The van der Waals surface area contributed by atoms with Crippen molar-refractivity contribution in [1.82, 2.24) is 19.8 Å². The van der Waals surface area contributed by atoms with Crippen molar-refractivity contribution < 1.29 is 32.4 Å². The molecule has 7 fully saturated rings. The lowest BCUT2D eigenvalue weighted by Crippen LogP contribution is -2.54. The van der Waals surface area contributed by atoms with E-state index in [4.69, 9.17) is 0 Å². The Bertz CT molecular complexity index is 1770. The van der Waals surface area contributed by atoms with E-state index in [2.05, 4.69) is 35.7 Å². The number of ketones is 2. The number of amides is 3. The Balaban J connectivity index is 1.15. The van der Waals surface area contributed by atoms with Crippen molar-refractivity contribution in [3.8, 4) is 0 Å². The zero-order chi connectivity index (χ0) is 42.3. The van der Waals surface area contributed by atoms with Gasteiger partial charge in [0.1, 0.15) is 0 Å². The van der Waals surface area contributed by atoms with Crippen LogP contribution in [0.5, 0.6) is 0 Å². The van der Waals surface area contributed by atoms with E-state index in [-0.39, 0.29) is 70.3 Å². The van der Waals surface area contributed by atoms with Crippen molar-refractivity contribution in [2.24, 2.45) is 44.8 Å². The Kier molecular flexibility index (Phi) is 11.5. The number of nitrogens with one attached hydrogen (secondary N) is 2. The Morgan fingerprint density at radius 1 is 0.810 bits per heavy atom. The fourth-order valence-corrected chi connectivity index (χ4v) is 14.8. The first kappa shape index (κ1) is 43.7. The van der Waals surface area contributed by atoms with Gasteiger partial charge in [-0.2, -0.15) is 0 Å². The molecule has 7 rings (SSSR count). The zero-order valence-electron chi connectivity index (χ0n) is 37.0. The van der Waals surface area contributed by atoms with Crippen LogP contribution >= 0.6 is 0 Å². The average molecular weight is 827 g/mol. The maximum atomic E-state index is 15.3. The Labute approximate surface area is 348 Å². The summed E-state index contributed by atoms with van der Waals surface area (Å²) in [6.07, 6.45) is 13.1. The average Bonchev–Trinajstić information content (AvgIpc) is 3.65. The molecular weight excluding hydrogens is 753 g/mol. The Hall–Kier alpha value is -2.34. The monoisotopic (exact) mass is 827 g/mol. The summed E-state index contributed by atoms with van der Waals surface area (Å²) in [6.45, 7) is 18.3. The van der Waals surface area contributed by atoms with E-state index in [1.807, 2.05) is 27.7 Å². The lowest BCUT2D eigenvalue weighted by molar-refractivity contribution is -0.147. The summed E-state index contributed by atoms with van der Waals surface area (Å²) in [5.41, 5.74) is -2.00. The number of sulfonamides is 1. The standard InChI is InChI=1S/C46H74N4O7S/c1-9-31-26-44(31,40(55)48-58(56,57)43(8)20-15-21-43)28-36(52)34-27-46(42(6,7)45(46)22-16-23-45)29-50(34)39(54)32(41(3,4)5)25-35(51)37(30-17-12-11-13-18-30)47-38(53)33-19-14-24-49(33)10-2/h30-34,37H,9-29H2,1-8H3,(H,47,53)(H,48,55)/t31-,32-,33+,34+,37+,44-,46-/m1/s1. The summed E-state index contributed by atoms with van der Waals surface area (Å²) in [5, 5.41) is 3.24. The summed E-state index contributed by atoms with van der Waals surface area (Å²) < 4.78 is 28.3. The molecule has 58 heavy (non-hydrogen) atoms. The number of fused-ring (bicyclic) bond motifs is 1. The fourth-order valence-electron chi connectivity index (χ4n) is 13.3. The largest absolute Gasteiger partial charge is 0.345 e. The molecule has 5 saturated carbocycles. The Morgan fingerprint density at radius 3 is 1.98 bits per heavy atom. The van der Waals surface area contributed by atoms with E-state index in [0.717, 1.165) is 83.7 Å². The molecule has 326 valence electrons. The highest BCUT2D eigenvalue weighted by atomic mass is 32.2. The molecule has 2 aliphatic heterocycles. The third-order valence-corrected chi connectivity index (χ3v) is 20.2. The number of carbonyl (C=O) groups excluding carboxylic acids is 5. The van der Waals surface area contributed by atoms with Crippen LogP contribution in [0.2, 0.25) is 0 Å². The number of likely N-dealkylation sites (tertiary alicyclic amines) is 2. The second-order valence-electron chi connectivity index (χ2n) is 21.9. The van der Waals surface area contributed by atoms with Gasteiger partial charge in [0, 0.05) is 30.7 Å². The molecule has 0 aromatic rings. The number of Topliss-reactive ketones (excluding diaryl/α,β-unsaturated/α-hetero) is 2. The van der Waals surface area contributed by atoms with E-state index in [1.54, 1.807) is 11.8 Å². The van der Waals surface area contributed by atoms with E-state index in [1.165, 1.54) is 0 Å². The van der Waals surface area contributed by atoms with Crippen LogP contribution in [-0.4, -0.2) is 90.0 Å². The minimum Gasteiger partial charge on any atom is -0.345 e. The van der Waals surface area contributed by atoms with Crippen LogP contribution in [0.1, 0.15) is 171 Å². The van der Waals surface area contributed by atoms with Crippen molar-refractivity contribution in [2.45, 2.75) is 194 Å². The lowest BCUT2D eigenvalue weighted by atomic mass is 9.73. The molecule has 2 heterocycles. The van der Waals surface area contributed by atoms with Crippen LogP contribution in [0.3, 0.4) is 0 Å². The molecule has 0 aromatic carbocycles. The maximum absolute atomic E-state index is 15.3. The van der Waals surface area contributed by atoms with Gasteiger partial charge >= 0.3 is 0 Å². The SMILES string of the molecule is CC[C@@H]1C[C@]1(CC(=O)[C@@H]1C[C@@]2(CN1C(=O)[C@@H](CC(=O)[C@@H](NC(=O)[C@@H]1CCCN1CC)C1CCCCC1)C(C)(C)C)C(C)(C)C21CCC1)C(=O)NS(=O)(=O)C1(C)CCC1. The fraction of sp³-hybridized carbons (Fsp3) is 0.891. The predicted molar refractivity (Wildman–Crippen MR) is 224 cm³/mol. The first-order valence-corrected chi connectivity index (χ1v) is 24.6. The van der Waals surface area contributed by atoms with Crippen LogP contribution in [0.4, 0.5) is 0 Å². The third-order valence-electron chi connectivity index (χ3n) is 18.0. The summed E-state index contributed by atoms with van der Waals surface area (Å²) in [5.74, 6) is -1.96. The molecule has 5 aliphatic carbocycles. The summed E-state index contributed by atoms with van der Waals surface area (Å²) in [6, 6.07) is -1.67. The van der Waals surface area contributed by atoms with Crippen molar-refractivity contribution in [2.75, 3.05) is 19.6 Å². The van der Waals surface area contributed by atoms with Gasteiger partial charge in [-0.1, -0.05) is 87.0 Å². The molecule has 0 unspecified atom stereocenters. The Morgan fingerprint density at radius 2 is 1.47 bits per heavy atom. The minimum absolute atomic E-state index is 0.0221. The van der Waals surface area contributed by atoms with Gasteiger partial charge in [0.15, 0.2) is 11.6 Å². The number of hydrogen-bond donors (Lipinski definition) is 2. The second-order valence-corrected chi connectivity index (χ2v) is 24.1. The van der Waals surface area contributed by atoms with E-state index in [0.29, 0.717) is 38.6 Å². The van der Waals surface area contributed by atoms with Crippen LogP contribution in [0.25, 0.3) is 0 Å². The van der Waals surface area contributed by atoms with Crippen LogP contribution < -0.4 is 10.0 Å². The van der Waals surface area contributed by atoms with Crippen molar-refractivity contribution in [3.05, 3.63) is 0 Å². The summed E-state index contributed by atoms with van der Waals surface area (Å²) in [4.78, 5) is 76.8. The smallest absolute Gasteiger partial charge is 0.240 e. The molecule has 11 nitrogen and oxygen atoms in total. The first-order valence-electron chi connectivity index (χ1n) is 23.1. The van der Waals surface area contributed by atoms with Crippen LogP contribution in [-0.2, 0) is 34.0 Å². The highest BCUT2D eigenvalue weighted by Gasteiger charge is 2.85. The lowest BCUT2D eigenvalue weighted by Gasteiger charge is -2.38. The molecule has 0 bridgehead atoms. The van der Waals surface area contributed by atoms with Gasteiger partial charge in [-0.25, -0.2) is 8.42 Å². The molecule has 7 atom stereocenters. The quantitative estimate of drug-likeness (QED) is 0.185. The molecule has 7 aliphatic rings. The zero-order valence-corrected chi connectivity index (χ0v) is 37.8. The molecule has 0 radical (unpaired) electrons. The van der Waals surface area contributed by atoms with Crippen LogP contribution in [0.15, 0.2) is 0 Å². The van der Waals surface area contributed by atoms with E-state index < -0.39 is 49.5 Å². The van der Waals surface area contributed by atoms with Gasteiger partial charge in [-0.15, -0.1) is 0 Å². The number of rotatable bonds is 15. The van der Waals surface area contributed by atoms with Crippen molar-refractivity contribution >= 4 is 39.3 Å². The molecule has 2 saturated heterocycles. The number of nitrogens with zero attached hydrogens (tertiary/aromatic N) is 2. The predicted octanol–water partition coefficient (Wildman–Crippen LogP) is 6.72. The first-order chi connectivity index (χ1) is 27.1. The molecule has 2 N–H and O–H groups in total. The van der Waals surface area contributed by atoms with Crippen LogP contribution in [0, 0.1) is 44.8 Å².